The Morgan fingerprint density at radius 3 is 2.69 bits per heavy atom. The first-order chi connectivity index (χ1) is 13.9. The van der Waals surface area contributed by atoms with E-state index >= 15 is 0 Å². The number of hydrogen-bond donors (Lipinski definition) is 1. The summed E-state index contributed by atoms with van der Waals surface area (Å²) in [5.41, 5.74) is 1.48. The van der Waals surface area contributed by atoms with E-state index in [0.29, 0.717) is 29.9 Å². The van der Waals surface area contributed by atoms with Crippen molar-refractivity contribution in [1.82, 2.24) is 4.90 Å². The fourth-order valence-electron chi connectivity index (χ4n) is 2.93. The van der Waals surface area contributed by atoms with E-state index < -0.39 is 17.0 Å². The highest BCUT2D eigenvalue weighted by Gasteiger charge is 2.35. The third-order valence-corrected chi connectivity index (χ3v) is 5.21. The van der Waals surface area contributed by atoms with Crippen LogP contribution in [-0.2, 0) is 17.8 Å². The molecule has 0 unspecified atom stereocenters. The highest BCUT2D eigenvalue weighted by Crippen LogP contribution is 2.37. The molecule has 5 nitrogen and oxygen atoms in total. The topological polar surface area (TPSA) is 66.8 Å². The highest BCUT2D eigenvalue weighted by atomic mass is 32.2. The second-order valence-corrected chi connectivity index (χ2v) is 7.31. The Hall–Kier alpha value is -3.06. The number of amides is 2. The number of phenols is 1. The van der Waals surface area contributed by atoms with Gasteiger partial charge in [-0.05, 0) is 54.9 Å². The van der Waals surface area contributed by atoms with Crippen LogP contribution >= 0.6 is 11.8 Å². The average molecular weight is 413 g/mol. The number of aromatic hydroxyl groups is 1. The zero-order valence-corrected chi connectivity index (χ0v) is 16.7. The maximum atomic E-state index is 13.9. The lowest BCUT2D eigenvalue weighted by Crippen LogP contribution is -2.27. The van der Waals surface area contributed by atoms with Crippen LogP contribution in [0, 0.1) is 5.82 Å². The first kappa shape index (κ1) is 20.7. The SMILES string of the molecule is C=CCc1cc(/C=C2\SC(=O)N(Cc3ccccc3F)C2=O)cc(OCC)c1O. The number of carbonyl (C=O) groups is 2. The van der Waals surface area contributed by atoms with Gasteiger partial charge >= 0.3 is 0 Å². The van der Waals surface area contributed by atoms with E-state index in [1.54, 1.807) is 43.3 Å². The minimum atomic E-state index is -0.487. The molecule has 0 aliphatic carbocycles. The Balaban J connectivity index is 1.91. The van der Waals surface area contributed by atoms with Crippen molar-refractivity contribution >= 4 is 29.0 Å². The molecule has 0 aromatic heterocycles. The largest absolute Gasteiger partial charge is 0.504 e. The lowest BCUT2D eigenvalue weighted by Gasteiger charge is -2.13. The van der Waals surface area contributed by atoms with Gasteiger partial charge < -0.3 is 9.84 Å². The fourth-order valence-corrected chi connectivity index (χ4v) is 3.77. The molecule has 2 amide bonds. The van der Waals surface area contributed by atoms with Crippen LogP contribution in [0.2, 0.25) is 0 Å². The van der Waals surface area contributed by atoms with Crippen LogP contribution in [0.4, 0.5) is 9.18 Å². The summed E-state index contributed by atoms with van der Waals surface area (Å²) in [5, 5.41) is 9.84. The first-order valence-electron chi connectivity index (χ1n) is 9.03. The van der Waals surface area contributed by atoms with Crippen molar-refractivity contribution in [3.63, 3.8) is 0 Å². The van der Waals surface area contributed by atoms with E-state index in [9.17, 15) is 19.1 Å². The molecular formula is C22H20FNO4S. The summed E-state index contributed by atoms with van der Waals surface area (Å²) >= 11 is 0.797. The predicted molar refractivity (Wildman–Crippen MR) is 111 cm³/mol. The van der Waals surface area contributed by atoms with Gasteiger partial charge in [-0.15, -0.1) is 6.58 Å². The van der Waals surface area contributed by atoms with E-state index in [4.69, 9.17) is 4.74 Å². The summed E-state index contributed by atoms with van der Waals surface area (Å²) in [4.78, 5) is 26.3. The molecule has 0 bridgehead atoms. The van der Waals surface area contributed by atoms with Crippen LogP contribution in [0.15, 0.2) is 54.0 Å². The van der Waals surface area contributed by atoms with Gasteiger partial charge in [-0.2, -0.15) is 0 Å². The Morgan fingerprint density at radius 2 is 2.00 bits per heavy atom. The van der Waals surface area contributed by atoms with E-state index in [1.807, 2.05) is 0 Å². The molecule has 1 aliphatic heterocycles. The number of benzene rings is 2. The molecular weight excluding hydrogens is 393 g/mol. The van der Waals surface area contributed by atoms with Gasteiger partial charge in [-0.3, -0.25) is 14.5 Å². The van der Waals surface area contributed by atoms with Gasteiger partial charge in [-0.1, -0.05) is 24.3 Å². The summed E-state index contributed by atoms with van der Waals surface area (Å²) in [5.74, 6) is -0.635. The van der Waals surface area contributed by atoms with Gasteiger partial charge in [0.2, 0.25) is 0 Å². The smallest absolute Gasteiger partial charge is 0.293 e. The Kier molecular flexibility index (Phi) is 6.39. The molecule has 2 aromatic rings. The van der Waals surface area contributed by atoms with E-state index in [1.165, 1.54) is 12.1 Å². The lowest BCUT2D eigenvalue weighted by molar-refractivity contribution is -0.123. The molecule has 1 N–H and O–H groups in total. The quantitative estimate of drug-likeness (QED) is 0.517. The second-order valence-electron chi connectivity index (χ2n) is 6.31. The number of hydrogen-bond acceptors (Lipinski definition) is 5. The first-order valence-corrected chi connectivity index (χ1v) is 9.84. The molecule has 1 aliphatic rings. The van der Waals surface area contributed by atoms with Crippen LogP contribution < -0.4 is 4.74 Å². The monoisotopic (exact) mass is 413 g/mol. The van der Waals surface area contributed by atoms with Gasteiger partial charge in [0.1, 0.15) is 5.82 Å². The van der Waals surface area contributed by atoms with Gasteiger partial charge in [0.25, 0.3) is 11.1 Å². The molecule has 2 aromatic carbocycles. The summed E-state index contributed by atoms with van der Waals surface area (Å²) < 4.78 is 19.4. The number of imide groups is 1. The molecule has 0 radical (unpaired) electrons. The molecule has 150 valence electrons. The zero-order valence-electron chi connectivity index (χ0n) is 15.9. The average Bonchev–Trinajstić information content (AvgIpc) is 2.95. The molecule has 7 heteroatoms. The van der Waals surface area contributed by atoms with Crippen LogP contribution in [-0.4, -0.2) is 27.8 Å². The molecule has 0 atom stereocenters. The Morgan fingerprint density at radius 1 is 1.24 bits per heavy atom. The number of ether oxygens (including phenoxy) is 1. The fraction of sp³-hybridized carbons (Fsp3) is 0.182. The van der Waals surface area contributed by atoms with Crippen molar-refractivity contribution < 1.29 is 23.8 Å². The molecule has 0 saturated carbocycles. The molecule has 3 rings (SSSR count). The zero-order chi connectivity index (χ0) is 21.0. The van der Waals surface area contributed by atoms with E-state index in [2.05, 4.69) is 6.58 Å². The van der Waals surface area contributed by atoms with Crippen LogP contribution in [0.3, 0.4) is 0 Å². The number of rotatable bonds is 7. The van der Waals surface area contributed by atoms with Crippen molar-refractivity contribution in [2.45, 2.75) is 19.9 Å². The van der Waals surface area contributed by atoms with Gasteiger partial charge in [0, 0.05) is 11.1 Å². The molecule has 1 saturated heterocycles. The molecule has 1 fully saturated rings. The van der Waals surface area contributed by atoms with Gasteiger partial charge in [0.05, 0.1) is 18.1 Å². The number of phenolic OH excluding ortho intramolecular Hbond substituents is 1. The second kappa shape index (κ2) is 8.96. The maximum absolute atomic E-state index is 13.9. The lowest BCUT2D eigenvalue weighted by atomic mass is 10.0. The minimum Gasteiger partial charge on any atom is -0.504 e. The number of halogens is 1. The molecule has 29 heavy (non-hydrogen) atoms. The van der Waals surface area contributed by atoms with Crippen LogP contribution in [0.1, 0.15) is 23.6 Å². The number of thioether (sulfide) groups is 1. The van der Waals surface area contributed by atoms with Gasteiger partial charge in [0.15, 0.2) is 11.5 Å². The maximum Gasteiger partial charge on any atom is 0.293 e. The summed E-state index contributed by atoms with van der Waals surface area (Å²) in [6.07, 6.45) is 3.64. The summed E-state index contributed by atoms with van der Waals surface area (Å²) in [6.45, 7) is 5.71. The van der Waals surface area contributed by atoms with Crippen molar-refractivity contribution in [3.05, 3.63) is 76.5 Å². The van der Waals surface area contributed by atoms with Crippen LogP contribution in [0.25, 0.3) is 6.08 Å². The summed E-state index contributed by atoms with van der Waals surface area (Å²) in [6, 6.07) is 9.35. The molecule has 1 heterocycles. The minimum absolute atomic E-state index is 0.0246. The van der Waals surface area contributed by atoms with Crippen molar-refractivity contribution in [3.8, 4) is 11.5 Å². The highest BCUT2D eigenvalue weighted by molar-refractivity contribution is 8.18. The standard InChI is InChI=1S/C22H20FNO4S/c1-3-7-15-10-14(11-18(20(15)25)28-4-2)12-19-21(26)24(22(27)29-19)13-16-8-5-6-9-17(16)23/h3,5-6,8-12,25H,1,4,7,13H2,2H3/b19-12-. The summed E-state index contributed by atoms with van der Waals surface area (Å²) in [7, 11) is 0. The van der Waals surface area contributed by atoms with Crippen LogP contribution in [0.5, 0.6) is 11.5 Å². The predicted octanol–water partition coefficient (Wildman–Crippen LogP) is 4.90. The Labute approximate surface area is 172 Å². The Bertz CT molecular complexity index is 1000. The molecule has 0 spiro atoms. The normalized spacial score (nSPS) is 15.2. The number of nitrogens with zero attached hydrogens (tertiary/aromatic N) is 1. The number of allylic oxidation sites excluding steroid dienone is 1. The van der Waals surface area contributed by atoms with E-state index in [-0.39, 0.29) is 22.8 Å². The van der Waals surface area contributed by atoms with E-state index in [0.717, 1.165) is 16.7 Å². The van der Waals surface area contributed by atoms with Crippen molar-refractivity contribution in [1.29, 1.82) is 0 Å². The third-order valence-electron chi connectivity index (χ3n) is 4.30. The number of carbonyl (C=O) groups excluding carboxylic acids is 2. The van der Waals surface area contributed by atoms with Crippen molar-refractivity contribution in [2.24, 2.45) is 0 Å². The van der Waals surface area contributed by atoms with Crippen molar-refractivity contribution in [2.75, 3.05) is 6.61 Å². The van der Waals surface area contributed by atoms with Gasteiger partial charge in [-0.25, -0.2) is 4.39 Å². The third kappa shape index (κ3) is 4.51.